The second kappa shape index (κ2) is 6.71. The number of rotatable bonds is 6. The van der Waals surface area contributed by atoms with Gasteiger partial charge in [0.2, 0.25) is 0 Å². The van der Waals surface area contributed by atoms with Crippen LogP contribution in [0.4, 0.5) is 5.82 Å². The quantitative estimate of drug-likeness (QED) is 0.880. The van der Waals surface area contributed by atoms with Gasteiger partial charge >= 0.3 is 0 Å². The minimum atomic E-state index is 0.558. The molecule has 21 heavy (non-hydrogen) atoms. The highest BCUT2D eigenvalue weighted by molar-refractivity contribution is 7.18. The third-order valence-corrected chi connectivity index (χ3v) is 5.07. The number of hydrogen-bond donors (Lipinski definition) is 1. The lowest BCUT2D eigenvalue weighted by Crippen LogP contribution is -2.40. The minimum Gasteiger partial charge on any atom is -0.368 e. The minimum absolute atomic E-state index is 0.558. The van der Waals surface area contributed by atoms with Gasteiger partial charge in [-0.05, 0) is 47.1 Å². The summed E-state index contributed by atoms with van der Waals surface area (Å²) in [5.41, 5.74) is 1.29. The van der Waals surface area contributed by atoms with Crippen LogP contribution in [0, 0.1) is 13.8 Å². The Hall–Kier alpha value is -1.20. The fourth-order valence-electron chi connectivity index (χ4n) is 2.73. The Morgan fingerprint density at radius 2 is 1.81 bits per heavy atom. The van der Waals surface area contributed by atoms with Gasteiger partial charge in [-0.2, -0.15) is 0 Å². The number of aryl methyl sites for hydroxylation is 2. The SMILES string of the molecule is Cc1sc2ncnc(NCCN(C(C)C)C(C)C)c2c1C. The number of thiophene rings is 1. The van der Waals surface area contributed by atoms with Gasteiger partial charge in [-0.25, -0.2) is 9.97 Å². The second-order valence-electron chi connectivity index (χ2n) is 6.04. The second-order valence-corrected chi connectivity index (χ2v) is 7.24. The van der Waals surface area contributed by atoms with Crippen molar-refractivity contribution in [2.45, 2.75) is 53.6 Å². The van der Waals surface area contributed by atoms with Gasteiger partial charge in [0.05, 0.1) is 5.39 Å². The van der Waals surface area contributed by atoms with E-state index in [4.69, 9.17) is 0 Å². The summed E-state index contributed by atoms with van der Waals surface area (Å²) in [4.78, 5) is 13.7. The van der Waals surface area contributed by atoms with Crippen molar-refractivity contribution in [2.75, 3.05) is 18.4 Å². The molecule has 0 saturated carbocycles. The van der Waals surface area contributed by atoms with E-state index in [0.29, 0.717) is 12.1 Å². The lowest BCUT2D eigenvalue weighted by atomic mass is 10.2. The first-order chi connectivity index (χ1) is 9.91. The Balaban J connectivity index is 2.10. The van der Waals surface area contributed by atoms with Gasteiger partial charge < -0.3 is 5.32 Å². The summed E-state index contributed by atoms with van der Waals surface area (Å²) in [6, 6.07) is 1.12. The fraction of sp³-hybridized carbons (Fsp3) is 0.625. The van der Waals surface area contributed by atoms with Crippen molar-refractivity contribution < 1.29 is 0 Å². The van der Waals surface area contributed by atoms with Crippen LogP contribution >= 0.6 is 11.3 Å². The molecule has 0 unspecified atom stereocenters. The zero-order chi connectivity index (χ0) is 15.6. The molecule has 0 aromatic carbocycles. The van der Waals surface area contributed by atoms with E-state index < -0.39 is 0 Å². The molecule has 0 aliphatic heterocycles. The molecule has 5 heteroatoms. The highest BCUT2D eigenvalue weighted by atomic mass is 32.1. The third kappa shape index (κ3) is 3.52. The Kier molecular flexibility index (Phi) is 5.17. The number of aromatic nitrogens is 2. The van der Waals surface area contributed by atoms with Crippen LogP contribution in [0.1, 0.15) is 38.1 Å². The Morgan fingerprint density at radius 1 is 1.14 bits per heavy atom. The van der Waals surface area contributed by atoms with E-state index in [1.165, 1.54) is 15.8 Å². The van der Waals surface area contributed by atoms with E-state index in [9.17, 15) is 0 Å². The molecule has 0 amide bonds. The summed E-state index contributed by atoms with van der Waals surface area (Å²) < 4.78 is 0. The van der Waals surface area contributed by atoms with E-state index in [2.05, 4.69) is 61.7 Å². The van der Waals surface area contributed by atoms with Crippen molar-refractivity contribution in [3.63, 3.8) is 0 Å². The zero-order valence-electron chi connectivity index (χ0n) is 13.9. The predicted octanol–water partition coefficient (Wildman–Crippen LogP) is 3.84. The molecule has 0 spiro atoms. The average Bonchev–Trinajstić information content (AvgIpc) is 2.70. The maximum atomic E-state index is 4.43. The highest BCUT2D eigenvalue weighted by Gasteiger charge is 2.14. The molecule has 1 N–H and O–H groups in total. The number of nitrogens with one attached hydrogen (secondary N) is 1. The Labute approximate surface area is 131 Å². The van der Waals surface area contributed by atoms with Gasteiger partial charge in [0.15, 0.2) is 0 Å². The summed E-state index contributed by atoms with van der Waals surface area (Å²) in [7, 11) is 0. The standard InChI is InChI=1S/C16H26N4S/c1-10(2)20(11(3)4)8-7-17-15-14-12(5)13(6)21-16(14)19-9-18-15/h9-11H,7-8H2,1-6H3,(H,17,18,19). The largest absolute Gasteiger partial charge is 0.368 e. The maximum absolute atomic E-state index is 4.43. The first-order valence-electron chi connectivity index (χ1n) is 7.62. The molecule has 2 heterocycles. The lowest BCUT2D eigenvalue weighted by Gasteiger charge is -2.30. The molecule has 0 radical (unpaired) electrons. The topological polar surface area (TPSA) is 41.1 Å². The van der Waals surface area contributed by atoms with E-state index in [1.54, 1.807) is 17.7 Å². The van der Waals surface area contributed by atoms with Crippen molar-refractivity contribution in [3.05, 3.63) is 16.8 Å². The van der Waals surface area contributed by atoms with Crippen LogP contribution in [0.15, 0.2) is 6.33 Å². The first kappa shape index (κ1) is 16.2. The summed E-state index contributed by atoms with van der Waals surface area (Å²) in [5.74, 6) is 0.967. The molecular formula is C16H26N4S. The monoisotopic (exact) mass is 306 g/mol. The predicted molar refractivity (Wildman–Crippen MR) is 92.4 cm³/mol. The summed E-state index contributed by atoms with van der Waals surface area (Å²) in [6.45, 7) is 15.2. The normalized spacial score (nSPS) is 12.0. The van der Waals surface area contributed by atoms with Crippen LogP contribution in [0.5, 0.6) is 0 Å². The van der Waals surface area contributed by atoms with Crippen LogP contribution in [0.2, 0.25) is 0 Å². The van der Waals surface area contributed by atoms with Gasteiger partial charge in [-0.15, -0.1) is 11.3 Å². The summed E-state index contributed by atoms with van der Waals surface area (Å²) in [5, 5.41) is 4.68. The fourth-order valence-corrected chi connectivity index (χ4v) is 3.73. The average molecular weight is 306 g/mol. The summed E-state index contributed by atoms with van der Waals surface area (Å²) in [6.07, 6.45) is 1.66. The molecule has 2 aromatic heterocycles. The van der Waals surface area contributed by atoms with Gasteiger partial charge in [-0.1, -0.05) is 0 Å². The number of nitrogens with zero attached hydrogens (tertiary/aromatic N) is 3. The molecule has 0 aliphatic carbocycles. The Morgan fingerprint density at radius 3 is 2.43 bits per heavy atom. The van der Waals surface area contributed by atoms with Crippen LogP contribution in [0.3, 0.4) is 0 Å². The molecule has 0 saturated heterocycles. The Bertz CT molecular complexity index is 596. The van der Waals surface area contributed by atoms with Crippen LogP contribution in [0.25, 0.3) is 10.2 Å². The molecule has 0 bridgehead atoms. The number of anilines is 1. The van der Waals surface area contributed by atoms with Gasteiger partial charge in [-0.3, -0.25) is 4.90 Å². The molecule has 0 fully saturated rings. The van der Waals surface area contributed by atoms with E-state index in [0.717, 1.165) is 23.7 Å². The smallest absolute Gasteiger partial charge is 0.138 e. The molecule has 2 rings (SSSR count). The molecule has 0 atom stereocenters. The van der Waals surface area contributed by atoms with Crippen LogP contribution in [-0.2, 0) is 0 Å². The van der Waals surface area contributed by atoms with Crippen LogP contribution < -0.4 is 5.32 Å². The van der Waals surface area contributed by atoms with Crippen molar-refractivity contribution in [3.8, 4) is 0 Å². The number of fused-ring (bicyclic) bond motifs is 1. The zero-order valence-corrected chi connectivity index (χ0v) is 14.7. The van der Waals surface area contributed by atoms with E-state index in [-0.39, 0.29) is 0 Å². The van der Waals surface area contributed by atoms with Crippen molar-refractivity contribution >= 4 is 27.4 Å². The summed E-state index contributed by atoms with van der Waals surface area (Å²) >= 11 is 1.74. The first-order valence-corrected chi connectivity index (χ1v) is 8.43. The number of hydrogen-bond acceptors (Lipinski definition) is 5. The van der Waals surface area contributed by atoms with E-state index in [1.807, 2.05) is 0 Å². The lowest BCUT2D eigenvalue weighted by molar-refractivity contribution is 0.182. The molecular weight excluding hydrogens is 280 g/mol. The van der Waals surface area contributed by atoms with Crippen molar-refractivity contribution in [1.82, 2.24) is 14.9 Å². The highest BCUT2D eigenvalue weighted by Crippen LogP contribution is 2.32. The van der Waals surface area contributed by atoms with Gasteiger partial charge in [0.25, 0.3) is 0 Å². The van der Waals surface area contributed by atoms with Crippen molar-refractivity contribution in [2.24, 2.45) is 0 Å². The molecule has 116 valence electrons. The molecule has 4 nitrogen and oxygen atoms in total. The van der Waals surface area contributed by atoms with Crippen LogP contribution in [-0.4, -0.2) is 40.0 Å². The van der Waals surface area contributed by atoms with Gasteiger partial charge in [0.1, 0.15) is 17.0 Å². The molecule has 2 aromatic rings. The van der Waals surface area contributed by atoms with Crippen molar-refractivity contribution in [1.29, 1.82) is 0 Å². The van der Waals surface area contributed by atoms with E-state index >= 15 is 0 Å². The third-order valence-electron chi connectivity index (χ3n) is 3.95. The maximum Gasteiger partial charge on any atom is 0.138 e. The van der Waals surface area contributed by atoms with Gasteiger partial charge in [0, 0.05) is 30.1 Å². The molecule has 0 aliphatic rings.